The number of hydrogen-bond donors (Lipinski definition) is 1. The largest absolute Gasteiger partial charge is 0.421 e. The number of hydrogen-bond acceptors (Lipinski definition) is 3. The van der Waals surface area contributed by atoms with Crippen LogP contribution in [0.15, 0.2) is 36.4 Å². The summed E-state index contributed by atoms with van der Waals surface area (Å²) < 4.78 is 4.94. The van der Waals surface area contributed by atoms with E-state index < -0.39 is 5.97 Å². The number of anilines is 1. The molecule has 0 saturated carbocycles. The molecule has 68 valence electrons. The molecule has 0 spiro atoms. The van der Waals surface area contributed by atoms with Crippen LogP contribution in [-0.4, -0.2) is 5.97 Å². The molecule has 0 saturated heterocycles. The third-order valence-corrected chi connectivity index (χ3v) is 1.47. The Morgan fingerprint density at radius 3 is 2.62 bits per heavy atom. The summed E-state index contributed by atoms with van der Waals surface area (Å²) in [6, 6.07) is 6.82. The molecule has 1 aromatic carbocycles. The monoisotopic (exact) mass is 177 g/mol. The van der Waals surface area contributed by atoms with Crippen molar-refractivity contribution in [2.75, 3.05) is 5.73 Å². The second kappa shape index (κ2) is 3.76. The lowest BCUT2D eigenvalue weighted by molar-refractivity contribution is -0.130. The van der Waals surface area contributed by atoms with E-state index >= 15 is 0 Å². The van der Waals surface area contributed by atoms with E-state index in [1.165, 1.54) is 0 Å². The van der Waals surface area contributed by atoms with Crippen molar-refractivity contribution < 1.29 is 9.53 Å². The second-order valence-corrected chi connectivity index (χ2v) is 2.71. The minimum atomic E-state index is -0.460. The van der Waals surface area contributed by atoms with Gasteiger partial charge in [0.2, 0.25) is 0 Å². The number of ether oxygens (including phenoxy) is 1. The van der Waals surface area contributed by atoms with Gasteiger partial charge in [-0.05, 0) is 19.1 Å². The molecule has 0 radical (unpaired) electrons. The summed E-state index contributed by atoms with van der Waals surface area (Å²) in [5.41, 5.74) is 6.35. The molecule has 0 fully saturated rings. The molecule has 0 amide bonds. The molecule has 1 rings (SSSR count). The van der Waals surface area contributed by atoms with Gasteiger partial charge in [-0.25, -0.2) is 4.79 Å². The zero-order chi connectivity index (χ0) is 9.84. The highest BCUT2D eigenvalue weighted by Gasteiger charge is 2.06. The molecule has 13 heavy (non-hydrogen) atoms. The van der Waals surface area contributed by atoms with Crippen LogP contribution in [0.2, 0.25) is 0 Å². The smallest absolute Gasteiger partial charge is 0.338 e. The SMILES string of the molecule is C=C(C)C(=O)Oc1ccccc1N. The average molecular weight is 177 g/mol. The number of nitrogen functional groups attached to an aromatic ring is 1. The number of nitrogens with two attached hydrogens (primary N) is 1. The summed E-state index contributed by atoms with van der Waals surface area (Å²) in [6.45, 7) is 5.05. The van der Waals surface area contributed by atoms with Crippen molar-refractivity contribution in [3.63, 3.8) is 0 Å². The van der Waals surface area contributed by atoms with Crippen molar-refractivity contribution in [3.05, 3.63) is 36.4 Å². The van der Waals surface area contributed by atoms with Crippen molar-refractivity contribution >= 4 is 11.7 Å². The van der Waals surface area contributed by atoms with E-state index in [9.17, 15) is 4.79 Å². The van der Waals surface area contributed by atoms with Gasteiger partial charge in [0, 0.05) is 5.57 Å². The zero-order valence-electron chi connectivity index (χ0n) is 7.41. The van der Waals surface area contributed by atoms with Gasteiger partial charge >= 0.3 is 5.97 Å². The molecule has 3 heteroatoms. The number of benzene rings is 1. The fraction of sp³-hybridized carbons (Fsp3) is 0.100. The first-order chi connectivity index (χ1) is 6.11. The van der Waals surface area contributed by atoms with Crippen LogP contribution < -0.4 is 10.5 Å². The molecule has 0 unspecified atom stereocenters. The van der Waals surface area contributed by atoms with Gasteiger partial charge in [0.1, 0.15) is 0 Å². The van der Waals surface area contributed by atoms with Crippen LogP contribution >= 0.6 is 0 Å². The van der Waals surface area contributed by atoms with Gasteiger partial charge in [-0.1, -0.05) is 18.7 Å². The standard InChI is InChI=1S/C10H11NO2/c1-7(2)10(12)13-9-6-4-3-5-8(9)11/h3-6H,1,11H2,2H3. The Balaban J connectivity index is 2.81. The quantitative estimate of drug-likeness (QED) is 0.324. The molecule has 0 aliphatic rings. The van der Waals surface area contributed by atoms with E-state index in [1.807, 2.05) is 0 Å². The number of carbonyl (C=O) groups is 1. The van der Waals surface area contributed by atoms with E-state index in [0.29, 0.717) is 17.0 Å². The van der Waals surface area contributed by atoms with E-state index in [4.69, 9.17) is 10.5 Å². The van der Waals surface area contributed by atoms with Crippen molar-refractivity contribution in [3.8, 4) is 5.75 Å². The molecule has 3 nitrogen and oxygen atoms in total. The fourth-order valence-corrected chi connectivity index (χ4v) is 0.760. The molecule has 0 atom stereocenters. The first kappa shape index (κ1) is 9.32. The molecule has 0 aromatic heterocycles. The number of para-hydroxylation sites is 2. The summed E-state index contributed by atoms with van der Waals surface area (Å²) in [5.74, 6) is -0.0894. The average Bonchev–Trinajstić information content (AvgIpc) is 2.08. The third kappa shape index (κ3) is 2.33. The van der Waals surface area contributed by atoms with Gasteiger partial charge in [-0.3, -0.25) is 0 Å². The van der Waals surface area contributed by atoms with Crippen molar-refractivity contribution in [1.82, 2.24) is 0 Å². The molecule has 2 N–H and O–H groups in total. The van der Waals surface area contributed by atoms with Gasteiger partial charge < -0.3 is 10.5 Å². The lowest BCUT2D eigenvalue weighted by atomic mass is 10.3. The summed E-state index contributed by atoms with van der Waals surface area (Å²) in [7, 11) is 0. The summed E-state index contributed by atoms with van der Waals surface area (Å²) >= 11 is 0. The van der Waals surface area contributed by atoms with Crippen LogP contribution in [0.4, 0.5) is 5.69 Å². The van der Waals surface area contributed by atoms with Crippen LogP contribution in [0.3, 0.4) is 0 Å². The van der Waals surface area contributed by atoms with Gasteiger partial charge in [-0.15, -0.1) is 0 Å². The van der Waals surface area contributed by atoms with Gasteiger partial charge in [-0.2, -0.15) is 0 Å². The molecule has 0 aliphatic carbocycles. The molecule has 0 bridgehead atoms. The van der Waals surface area contributed by atoms with Gasteiger partial charge in [0.05, 0.1) is 5.69 Å². The molecule has 0 aliphatic heterocycles. The van der Waals surface area contributed by atoms with Crippen LogP contribution in [0.1, 0.15) is 6.92 Å². The van der Waals surface area contributed by atoms with Crippen LogP contribution in [0.5, 0.6) is 5.75 Å². The molecule has 0 heterocycles. The van der Waals surface area contributed by atoms with Crippen LogP contribution in [0.25, 0.3) is 0 Å². The van der Waals surface area contributed by atoms with Crippen LogP contribution in [0, 0.1) is 0 Å². The number of rotatable bonds is 2. The van der Waals surface area contributed by atoms with Crippen LogP contribution in [-0.2, 0) is 4.79 Å². The normalized spacial score (nSPS) is 9.31. The van der Waals surface area contributed by atoms with E-state index in [0.717, 1.165) is 0 Å². The van der Waals surface area contributed by atoms with E-state index in [1.54, 1.807) is 31.2 Å². The minimum absolute atomic E-state index is 0.350. The maximum atomic E-state index is 11.1. The van der Waals surface area contributed by atoms with Crippen molar-refractivity contribution in [1.29, 1.82) is 0 Å². The Morgan fingerprint density at radius 1 is 1.46 bits per heavy atom. The highest BCUT2D eigenvalue weighted by atomic mass is 16.5. The summed E-state index contributed by atoms with van der Waals surface area (Å²) in [4.78, 5) is 11.1. The van der Waals surface area contributed by atoms with Gasteiger partial charge in [0.25, 0.3) is 0 Å². The van der Waals surface area contributed by atoms with Crippen molar-refractivity contribution in [2.45, 2.75) is 6.92 Å². The van der Waals surface area contributed by atoms with E-state index in [2.05, 4.69) is 6.58 Å². The zero-order valence-corrected chi connectivity index (χ0v) is 7.41. The number of carbonyl (C=O) groups excluding carboxylic acids is 1. The molecule has 1 aromatic rings. The lowest BCUT2D eigenvalue weighted by Crippen LogP contribution is -2.09. The maximum Gasteiger partial charge on any atom is 0.338 e. The minimum Gasteiger partial charge on any atom is -0.421 e. The molecular weight excluding hydrogens is 166 g/mol. The Bertz CT molecular complexity index is 345. The first-order valence-corrected chi connectivity index (χ1v) is 3.83. The lowest BCUT2D eigenvalue weighted by Gasteiger charge is -2.05. The summed E-state index contributed by atoms with van der Waals surface area (Å²) in [5, 5.41) is 0. The van der Waals surface area contributed by atoms with Crippen molar-refractivity contribution in [2.24, 2.45) is 0 Å². The molecular formula is C10H11NO2. The highest BCUT2D eigenvalue weighted by Crippen LogP contribution is 2.20. The Kier molecular flexibility index (Phi) is 2.69. The Labute approximate surface area is 76.8 Å². The number of esters is 1. The van der Waals surface area contributed by atoms with E-state index in [-0.39, 0.29) is 0 Å². The summed E-state index contributed by atoms with van der Waals surface area (Å²) in [6.07, 6.45) is 0. The Hall–Kier alpha value is -1.77. The van der Waals surface area contributed by atoms with Gasteiger partial charge in [0.15, 0.2) is 5.75 Å². The highest BCUT2D eigenvalue weighted by molar-refractivity contribution is 5.89. The Morgan fingerprint density at radius 2 is 2.08 bits per heavy atom. The third-order valence-electron chi connectivity index (χ3n) is 1.47. The first-order valence-electron chi connectivity index (χ1n) is 3.83. The topological polar surface area (TPSA) is 52.3 Å². The fourth-order valence-electron chi connectivity index (χ4n) is 0.760. The second-order valence-electron chi connectivity index (χ2n) is 2.71. The predicted octanol–water partition coefficient (Wildman–Crippen LogP) is 1.75. The maximum absolute atomic E-state index is 11.1. The predicted molar refractivity (Wildman–Crippen MR) is 51.3 cm³/mol.